The van der Waals surface area contributed by atoms with Crippen molar-refractivity contribution < 1.29 is 14.0 Å². The largest absolute Gasteiger partial charge is 0.454 e. The molecule has 0 spiro atoms. The lowest BCUT2D eigenvalue weighted by Crippen LogP contribution is -2.45. The number of benzene rings is 1. The Hall–Kier alpha value is -2.12. The van der Waals surface area contributed by atoms with Gasteiger partial charge in [-0.05, 0) is 24.1 Å². The van der Waals surface area contributed by atoms with E-state index in [2.05, 4.69) is 39.0 Å². The van der Waals surface area contributed by atoms with Crippen molar-refractivity contribution in [3.8, 4) is 11.5 Å². The maximum Gasteiger partial charge on any atom is 0.231 e. The molecule has 2 aliphatic rings. The average molecular weight is 358 g/mol. The summed E-state index contributed by atoms with van der Waals surface area (Å²) in [6.45, 7) is 8.31. The molecular weight excluding hydrogens is 332 g/mol. The summed E-state index contributed by atoms with van der Waals surface area (Å²) < 4.78 is 16.2. The Morgan fingerprint density at radius 3 is 2.58 bits per heavy atom. The first-order chi connectivity index (χ1) is 12.8. The van der Waals surface area contributed by atoms with Gasteiger partial charge in [0.2, 0.25) is 12.7 Å². The van der Waals surface area contributed by atoms with E-state index in [9.17, 15) is 0 Å². The van der Waals surface area contributed by atoms with Gasteiger partial charge in [-0.3, -0.25) is 9.80 Å². The maximum absolute atomic E-state index is 5.47. The third-order valence-corrected chi connectivity index (χ3v) is 4.93. The van der Waals surface area contributed by atoms with Crippen LogP contribution < -0.4 is 9.47 Å². The second-order valence-electron chi connectivity index (χ2n) is 6.95. The SMILES string of the molecule is CCCCc1nc(CN2CCN(Cc3ccc4c(c3)OCO4)CC2)no1. The minimum atomic E-state index is 0.327. The molecule has 1 aromatic carbocycles. The molecule has 0 bridgehead atoms. The number of aromatic nitrogens is 2. The average Bonchev–Trinajstić information content (AvgIpc) is 3.30. The summed E-state index contributed by atoms with van der Waals surface area (Å²) in [6.07, 6.45) is 3.12. The highest BCUT2D eigenvalue weighted by Crippen LogP contribution is 2.32. The fourth-order valence-corrected chi connectivity index (χ4v) is 3.39. The van der Waals surface area contributed by atoms with Crippen LogP contribution in [0, 0.1) is 0 Å². The molecule has 2 aromatic rings. The molecule has 4 rings (SSSR count). The summed E-state index contributed by atoms with van der Waals surface area (Å²) in [5.74, 6) is 3.28. The van der Waals surface area contributed by atoms with E-state index in [-0.39, 0.29) is 0 Å². The monoisotopic (exact) mass is 358 g/mol. The van der Waals surface area contributed by atoms with Crippen LogP contribution in [0.3, 0.4) is 0 Å². The van der Waals surface area contributed by atoms with E-state index < -0.39 is 0 Å². The molecule has 140 valence electrons. The van der Waals surface area contributed by atoms with Crippen molar-refractivity contribution in [2.75, 3.05) is 33.0 Å². The van der Waals surface area contributed by atoms with Crippen molar-refractivity contribution in [2.45, 2.75) is 39.3 Å². The zero-order valence-electron chi connectivity index (χ0n) is 15.3. The number of unbranched alkanes of at least 4 members (excludes halogenated alkanes) is 1. The molecule has 1 fully saturated rings. The summed E-state index contributed by atoms with van der Waals surface area (Å²) in [6, 6.07) is 6.21. The number of piperazine rings is 1. The summed E-state index contributed by atoms with van der Waals surface area (Å²) >= 11 is 0. The first-order valence-electron chi connectivity index (χ1n) is 9.45. The fourth-order valence-electron chi connectivity index (χ4n) is 3.39. The van der Waals surface area contributed by atoms with Crippen molar-refractivity contribution in [1.29, 1.82) is 0 Å². The minimum Gasteiger partial charge on any atom is -0.454 e. The summed E-state index contributed by atoms with van der Waals surface area (Å²) in [5, 5.41) is 4.12. The molecule has 1 saturated heterocycles. The van der Waals surface area contributed by atoms with Gasteiger partial charge in [0.05, 0.1) is 6.54 Å². The molecule has 1 aromatic heterocycles. The molecule has 0 aliphatic carbocycles. The third kappa shape index (κ3) is 4.16. The molecule has 0 N–H and O–H groups in total. The number of ether oxygens (including phenoxy) is 2. The van der Waals surface area contributed by atoms with Crippen LogP contribution in [-0.2, 0) is 19.5 Å². The van der Waals surface area contributed by atoms with Gasteiger partial charge in [-0.1, -0.05) is 24.6 Å². The molecule has 0 amide bonds. The highest BCUT2D eigenvalue weighted by Gasteiger charge is 2.20. The molecule has 0 radical (unpaired) electrons. The molecule has 7 nitrogen and oxygen atoms in total. The van der Waals surface area contributed by atoms with Crippen LogP contribution in [0.4, 0.5) is 0 Å². The van der Waals surface area contributed by atoms with Crippen molar-refractivity contribution in [3.05, 3.63) is 35.5 Å². The van der Waals surface area contributed by atoms with Gasteiger partial charge in [-0.2, -0.15) is 4.98 Å². The van der Waals surface area contributed by atoms with Gasteiger partial charge in [-0.25, -0.2) is 0 Å². The lowest BCUT2D eigenvalue weighted by Gasteiger charge is -2.34. The fraction of sp³-hybridized carbons (Fsp3) is 0.579. The van der Waals surface area contributed by atoms with Crippen molar-refractivity contribution in [2.24, 2.45) is 0 Å². The van der Waals surface area contributed by atoms with Gasteiger partial charge in [0, 0.05) is 39.1 Å². The maximum atomic E-state index is 5.47. The van der Waals surface area contributed by atoms with Crippen LogP contribution in [0.1, 0.15) is 37.0 Å². The minimum absolute atomic E-state index is 0.327. The van der Waals surface area contributed by atoms with Crippen LogP contribution in [-0.4, -0.2) is 52.9 Å². The molecule has 26 heavy (non-hydrogen) atoms. The summed E-state index contributed by atoms with van der Waals surface area (Å²) in [7, 11) is 0. The van der Waals surface area contributed by atoms with E-state index in [4.69, 9.17) is 14.0 Å². The lowest BCUT2D eigenvalue weighted by molar-refractivity contribution is 0.119. The van der Waals surface area contributed by atoms with E-state index >= 15 is 0 Å². The van der Waals surface area contributed by atoms with E-state index in [0.717, 1.165) is 81.7 Å². The zero-order chi connectivity index (χ0) is 17.8. The molecule has 2 aliphatic heterocycles. The summed E-state index contributed by atoms with van der Waals surface area (Å²) in [5.41, 5.74) is 1.27. The third-order valence-electron chi connectivity index (χ3n) is 4.93. The second kappa shape index (κ2) is 8.05. The van der Waals surface area contributed by atoms with E-state index in [1.807, 2.05) is 6.07 Å². The number of fused-ring (bicyclic) bond motifs is 1. The highest BCUT2D eigenvalue weighted by atomic mass is 16.7. The summed E-state index contributed by atoms with van der Waals surface area (Å²) in [4.78, 5) is 9.37. The number of nitrogens with zero attached hydrogens (tertiary/aromatic N) is 4. The predicted octanol–water partition coefficient (Wildman–Crippen LogP) is 2.46. The Labute approximate surface area is 153 Å². The Balaban J connectivity index is 1.24. The predicted molar refractivity (Wildman–Crippen MR) is 96.0 cm³/mol. The van der Waals surface area contributed by atoms with E-state index in [0.29, 0.717) is 6.79 Å². The molecule has 0 saturated carbocycles. The van der Waals surface area contributed by atoms with Crippen molar-refractivity contribution in [1.82, 2.24) is 19.9 Å². The zero-order valence-corrected chi connectivity index (χ0v) is 15.3. The number of aryl methyl sites for hydroxylation is 1. The molecule has 7 heteroatoms. The first kappa shape index (κ1) is 17.3. The normalized spacial score (nSPS) is 17.7. The molecule has 3 heterocycles. The van der Waals surface area contributed by atoms with E-state index in [1.165, 1.54) is 5.56 Å². The Bertz CT molecular complexity index is 725. The molecule has 0 atom stereocenters. The Kier molecular flexibility index (Phi) is 5.36. The van der Waals surface area contributed by atoms with Gasteiger partial charge in [0.15, 0.2) is 17.3 Å². The van der Waals surface area contributed by atoms with Crippen LogP contribution in [0.5, 0.6) is 11.5 Å². The van der Waals surface area contributed by atoms with Gasteiger partial charge < -0.3 is 14.0 Å². The standard InChI is InChI=1S/C19H26N4O3/c1-2-3-4-19-20-18(21-26-19)13-23-9-7-22(8-10-23)12-15-5-6-16-17(11-15)25-14-24-16/h5-6,11H,2-4,7-10,12-14H2,1H3. The number of rotatable bonds is 7. The van der Waals surface area contributed by atoms with Crippen molar-refractivity contribution >= 4 is 0 Å². The van der Waals surface area contributed by atoms with Crippen molar-refractivity contribution in [3.63, 3.8) is 0 Å². The Morgan fingerprint density at radius 1 is 1.00 bits per heavy atom. The number of hydrogen-bond donors (Lipinski definition) is 0. The second-order valence-corrected chi connectivity index (χ2v) is 6.95. The van der Waals surface area contributed by atoms with Crippen LogP contribution in [0.25, 0.3) is 0 Å². The highest BCUT2D eigenvalue weighted by molar-refractivity contribution is 5.44. The van der Waals surface area contributed by atoms with Crippen LogP contribution in [0.2, 0.25) is 0 Å². The Morgan fingerprint density at radius 2 is 1.77 bits per heavy atom. The van der Waals surface area contributed by atoms with E-state index in [1.54, 1.807) is 0 Å². The van der Waals surface area contributed by atoms with Gasteiger partial charge in [0.25, 0.3) is 0 Å². The van der Waals surface area contributed by atoms with Gasteiger partial charge in [-0.15, -0.1) is 0 Å². The topological polar surface area (TPSA) is 63.9 Å². The van der Waals surface area contributed by atoms with Gasteiger partial charge in [0.1, 0.15) is 0 Å². The van der Waals surface area contributed by atoms with Gasteiger partial charge >= 0.3 is 0 Å². The smallest absolute Gasteiger partial charge is 0.231 e. The van der Waals surface area contributed by atoms with Crippen LogP contribution >= 0.6 is 0 Å². The van der Waals surface area contributed by atoms with Crippen LogP contribution in [0.15, 0.2) is 22.7 Å². The first-order valence-corrected chi connectivity index (χ1v) is 9.45. The molecular formula is C19H26N4O3. The molecule has 0 unspecified atom stereocenters. The number of hydrogen-bond acceptors (Lipinski definition) is 7. The quantitative estimate of drug-likeness (QED) is 0.753. The lowest BCUT2D eigenvalue weighted by atomic mass is 10.1.